The van der Waals surface area contributed by atoms with Crippen LogP contribution >= 0.6 is 0 Å². The Morgan fingerprint density at radius 3 is 2.67 bits per heavy atom. The van der Waals surface area contributed by atoms with E-state index in [9.17, 15) is 4.39 Å². The predicted octanol–water partition coefficient (Wildman–Crippen LogP) is 3.04. The first-order valence-electron chi connectivity index (χ1n) is 6.94. The Hall–Kier alpha value is -1.09. The summed E-state index contributed by atoms with van der Waals surface area (Å²) in [7, 11) is 0. The summed E-state index contributed by atoms with van der Waals surface area (Å²) in [6.45, 7) is 7.70. The lowest BCUT2D eigenvalue weighted by Gasteiger charge is -2.38. The fourth-order valence-electron chi connectivity index (χ4n) is 2.66. The van der Waals surface area contributed by atoms with Crippen molar-refractivity contribution in [1.29, 1.82) is 0 Å². The summed E-state index contributed by atoms with van der Waals surface area (Å²) < 4.78 is 12.9. The zero-order chi connectivity index (χ0) is 13.0. The van der Waals surface area contributed by atoms with Gasteiger partial charge in [-0.3, -0.25) is 0 Å². The molecule has 1 aromatic carbocycles. The Morgan fingerprint density at radius 2 is 2.06 bits per heavy atom. The molecule has 1 heterocycles. The lowest BCUT2D eigenvalue weighted by Crippen LogP contribution is -2.48. The van der Waals surface area contributed by atoms with Crippen LogP contribution in [0.4, 0.5) is 10.1 Å². The van der Waals surface area contributed by atoms with E-state index in [0.29, 0.717) is 12.0 Å². The van der Waals surface area contributed by atoms with Gasteiger partial charge in [-0.25, -0.2) is 4.39 Å². The number of nitrogens with one attached hydrogen (secondary N) is 1. The van der Waals surface area contributed by atoms with E-state index in [1.54, 1.807) is 12.1 Å². The molecule has 0 spiro atoms. The Morgan fingerprint density at radius 1 is 1.33 bits per heavy atom. The lowest BCUT2D eigenvalue weighted by atomic mass is 9.93. The number of benzene rings is 1. The topological polar surface area (TPSA) is 15.3 Å². The maximum atomic E-state index is 12.9. The summed E-state index contributed by atoms with van der Waals surface area (Å²) in [6.07, 6.45) is 2.35. The number of rotatable bonds is 4. The van der Waals surface area contributed by atoms with Gasteiger partial charge in [-0.05, 0) is 49.6 Å². The minimum Gasteiger partial charge on any atom is -0.371 e. The highest BCUT2D eigenvalue weighted by Gasteiger charge is 2.25. The van der Waals surface area contributed by atoms with E-state index in [2.05, 4.69) is 24.1 Å². The molecule has 1 aliphatic rings. The first kappa shape index (κ1) is 13.3. The van der Waals surface area contributed by atoms with Gasteiger partial charge in [0.25, 0.3) is 0 Å². The minimum atomic E-state index is -0.161. The highest BCUT2D eigenvalue weighted by Crippen LogP contribution is 2.23. The Balaban J connectivity index is 1.93. The van der Waals surface area contributed by atoms with Gasteiger partial charge in [-0.15, -0.1) is 0 Å². The molecule has 2 nitrogen and oxygen atoms in total. The molecule has 1 saturated heterocycles. The van der Waals surface area contributed by atoms with E-state index in [4.69, 9.17) is 0 Å². The summed E-state index contributed by atoms with van der Waals surface area (Å²) in [5, 5.41) is 3.62. The van der Waals surface area contributed by atoms with Crippen molar-refractivity contribution in [1.82, 2.24) is 5.32 Å². The van der Waals surface area contributed by atoms with Gasteiger partial charge >= 0.3 is 0 Å². The average molecular weight is 250 g/mol. The van der Waals surface area contributed by atoms with E-state index in [0.717, 1.165) is 25.3 Å². The van der Waals surface area contributed by atoms with Crippen LogP contribution in [0.5, 0.6) is 0 Å². The van der Waals surface area contributed by atoms with Crippen molar-refractivity contribution in [3.63, 3.8) is 0 Å². The third kappa shape index (κ3) is 3.22. The van der Waals surface area contributed by atoms with Crippen LogP contribution in [0.3, 0.4) is 0 Å². The van der Waals surface area contributed by atoms with Gasteiger partial charge in [0.15, 0.2) is 0 Å². The standard InChI is InChI=1S/C15H23FN2/c1-3-9-17-15-8-10-18(11-12(15)2)14-6-4-13(16)5-7-14/h4-7,12,15,17H,3,8-11H2,1-2H3. The molecule has 0 bridgehead atoms. The molecule has 100 valence electrons. The fraction of sp³-hybridized carbons (Fsp3) is 0.600. The monoisotopic (exact) mass is 250 g/mol. The van der Waals surface area contributed by atoms with Gasteiger partial charge in [-0.2, -0.15) is 0 Å². The highest BCUT2D eigenvalue weighted by atomic mass is 19.1. The molecule has 0 radical (unpaired) electrons. The molecule has 1 N–H and O–H groups in total. The van der Waals surface area contributed by atoms with Crippen LogP contribution in [-0.4, -0.2) is 25.7 Å². The maximum Gasteiger partial charge on any atom is 0.123 e. The zero-order valence-corrected chi connectivity index (χ0v) is 11.3. The number of anilines is 1. The Kier molecular flexibility index (Phi) is 4.59. The van der Waals surface area contributed by atoms with E-state index in [1.165, 1.54) is 12.8 Å². The quantitative estimate of drug-likeness (QED) is 0.883. The van der Waals surface area contributed by atoms with E-state index >= 15 is 0 Å². The first-order valence-corrected chi connectivity index (χ1v) is 6.94. The highest BCUT2D eigenvalue weighted by molar-refractivity contribution is 5.46. The number of nitrogens with zero attached hydrogens (tertiary/aromatic N) is 1. The van der Waals surface area contributed by atoms with E-state index in [-0.39, 0.29) is 5.82 Å². The minimum absolute atomic E-state index is 0.161. The number of hydrogen-bond donors (Lipinski definition) is 1. The fourth-order valence-corrected chi connectivity index (χ4v) is 2.66. The third-order valence-electron chi connectivity index (χ3n) is 3.75. The lowest BCUT2D eigenvalue weighted by molar-refractivity contribution is 0.322. The molecule has 0 aromatic heterocycles. The van der Waals surface area contributed by atoms with Gasteiger partial charge in [-0.1, -0.05) is 13.8 Å². The van der Waals surface area contributed by atoms with Crippen molar-refractivity contribution in [2.75, 3.05) is 24.5 Å². The second kappa shape index (κ2) is 6.19. The van der Waals surface area contributed by atoms with Gasteiger partial charge < -0.3 is 10.2 Å². The molecule has 2 unspecified atom stereocenters. The molecule has 0 amide bonds. The Bertz CT molecular complexity index is 363. The van der Waals surface area contributed by atoms with Crippen molar-refractivity contribution in [3.8, 4) is 0 Å². The summed E-state index contributed by atoms with van der Waals surface area (Å²) in [6, 6.07) is 7.47. The van der Waals surface area contributed by atoms with E-state index < -0.39 is 0 Å². The van der Waals surface area contributed by atoms with Gasteiger partial charge in [0.1, 0.15) is 5.82 Å². The van der Waals surface area contributed by atoms with Gasteiger partial charge in [0.2, 0.25) is 0 Å². The summed E-state index contributed by atoms with van der Waals surface area (Å²) in [5.74, 6) is 0.474. The SMILES string of the molecule is CCCNC1CCN(c2ccc(F)cc2)CC1C. The smallest absolute Gasteiger partial charge is 0.123 e. The molecular weight excluding hydrogens is 227 g/mol. The van der Waals surface area contributed by atoms with Crippen LogP contribution in [0, 0.1) is 11.7 Å². The van der Waals surface area contributed by atoms with E-state index in [1.807, 2.05) is 12.1 Å². The molecule has 3 heteroatoms. The van der Waals surface area contributed by atoms with Crippen molar-refractivity contribution < 1.29 is 4.39 Å². The van der Waals surface area contributed by atoms with Crippen LogP contribution in [0.2, 0.25) is 0 Å². The van der Waals surface area contributed by atoms with Crippen LogP contribution < -0.4 is 10.2 Å². The third-order valence-corrected chi connectivity index (χ3v) is 3.75. The molecule has 1 aromatic rings. The average Bonchev–Trinajstić information content (AvgIpc) is 2.38. The second-order valence-corrected chi connectivity index (χ2v) is 5.25. The Labute approximate surface area is 109 Å². The summed E-state index contributed by atoms with van der Waals surface area (Å²) in [4.78, 5) is 2.36. The molecule has 18 heavy (non-hydrogen) atoms. The summed E-state index contributed by atoms with van der Waals surface area (Å²) in [5.41, 5.74) is 1.14. The molecule has 0 saturated carbocycles. The number of hydrogen-bond acceptors (Lipinski definition) is 2. The zero-order valence-electron chi connectivity index (χ0n) is 11.3. The van der Waals surface area contributed by atoms with Crippen molar-refractivity contribution in [2.45, 2.75) is 32.7 Å². The normalized spacial score (nSPS) is 24.3. The second-order valence-electron chi connectivity index (χ2n) is 5.25. The first-order chi connectivity index (χ1) is 8.70. The van der Waals surface area contributed by atoms with Crippen molar-refractivity contribution in [3.05, 3.63) is 30.1 Å². The molecule has 1 aliphatic heterocycles. The van der Waals surface area contributed by atoms with Crippen LogP contribution in [0.15, 0.2) is 24.3 Å². The maximum absolute atomic E-state index is 12.9. The molecule has 0 aliphatic carbocycles. The van der Waals surface area contributed by atoms with Gasteiger partial charge in [0, 0.05) is 24.8 Å². The molecule has 2 rings (SSSR count). The van der Waals surface area contributed by atoms with Crippen LogP contribution in [0.25, 0.3) is 0 Å². The molecule has 2 atom stereocenters. The predicted molar refractivity (Wildman–Crippen MR) is 74.5 cm³/mol. The number of piperidine rings is 1. The number of halogens is 1. The molecular formula is C15H23FN2. The van der Waals surface area contributed by atoms with Gasteiger partial charge in [0.05, 0.1) is 0 Å². The summed E-state index contributed by atoms with van der Waals surface area (Å²) >= 11 is 0. The largest absolute Gasteiger partial charge is 0.371 e. The molecule has 1 fully saturated rings. The van der Waals surface area contributed by atoms with Crippen LogP contribution in [-0.2, 0) is 0 Å². The van der Waals surface area contributed by atoms with Crippen molar-refractivity contribution >= 4 is 5.69 Å². The van der Waals surface area contributed by atoms with Crippen LogP contribution in [0.1, 0.15) is 26.7 Å². The van der Waals surface area contributed by atoms with Crippen molar-refractivity contribution in [2.24, 2.45) is 5.92 Å².